The zero-order valence-corrected chi connectivity index (χ0v) is 16.0. The lowest BCUT2D eigenvalue weighted by Crippen LogP contribution is -2.25. The molecule has 1 amide bonds. The molecule has 27 heavy (non-hydrogen) atoms. The molecular weight excluding hydrogens is 365 g/mol. The van der Waals surface area contributed by atoms with Gasteiger partial charge in [-0.05, 0) is 61.9 Å². The molecule has 1 saturated carbocycles. The Bertz CT molecular complexity index is 1010. The highest BCUT2D eigenvalue weighted by Crippen LogP contribution is 2.38. The lowest BCUT2D eigenvalue weighted by atomic mass is 10.1. The van der Waals surface area contributed by atoms with Crippen molar-refractivity contribution in [1.29, 1.82) is 0 Å². The van der Waals surface area contributed by atoms with E-state index in [9.17, 15) is 9.18 Å². The molecule has 0 saturated heterocycles. The highest BCUT2D eigenvalue weighted by atomic mass is 32.1. The number of benzene rings is 1. The van der Waals surface area contributed by atoms with Crippen molar-refractivity contribution in [3.8, 4) is 0 Å². The first kappa shape index (κ1) is 17.9. The second kappa shape index (κ2) is 7.25. The van der Waals surface area contributed by atoms with Gasteiger partial charge in [0.15, 0.2) is 0 Å². The summed E-state index contributed by atoms with van der Waals surface area (Å²) in [5.41, 5.74) is 5.04. The monoisotopic (exact) mass is 385 g/mol. The number of hydroxylamine groups is 1. The van der Waals surface area contributed by atoms with Crippen molar-refractivity contribution in [3.63, 3.8) is 0 Å². The summed E-state index contributed by atoms with van der Waals surface area (Å²) in [5, 5.41) is 4.36. The molecule has 1 aliphatic carbocycles. The summed E-state index contributed by atoms with van der Waals surface area (Å²) < 4.78 is 14.3. The normalized spacial score (nSPS) is 13.7. The van der Waals surface area contributed by atoms with E-state index in [-0.39, 0.29) is 11.7 Å². The Kier molecular flexibility index (Phi) is 4.80. The van der Waals surface area contributed by atoms with E-state index in [0.29, 0.717) is 28.8 Å². The molecule has 0 spiro atoms. The minimum Gasteiger partial charge on any atom is -0.344 e. The first-order chi connectivity index (χ1) is 13.0. The summed E-state index contributed by atoms with van der Waals surface area (Å²) in [7, 11) is 0. The molecule has 0 unspecified atom stereocenters. The van der Waals surface area contributed by atoms with Gasteiger partial charge in [0.25, 0.3) is 5.91 Å². The number of fused-ring (bicyclic) bond motifs is 1. The van der Waals surface area contributed by atoms with Gasteiger partial charge in [0.2, 0.25) is 0 Å². The SMILES string of the molecule is Cc1ccc(Nc2sc3nccc(C)c3c2C(=O)NOCC2CC2)c(F)c1. The number of anilines is 2. The number of rotatable bonds is 6. The van der Waals surface area contributed by atoms with Crippen LogP contribution in [0.3, 0.4) is 0 Å². The highest BCUT2D eigenvalue weighted by molar-refractivity contribution is 7.23. The summed E-state index contributed by atoms with van der Waals surface area (Å²) in [4.78, 5) is 23.3. The predicted octanol–water partition coefficient (Wildman–Crippen LogP) is 4.87. The highest BCUT2D eigenvalue weighted by Gasteiger charge is 2.25. The Hall–Kier alpha value is -2.51. The molecule has 0 aliphatic heterocycles. The van der Waals surface area contributed by atoms with E-state index in [0.717, 1.165) is 34.2 Å². The van der Waals surface area contributed by atoms with Gasteiger partial charge in [-0.25, -0.2) is 14.9 Å². The Morgan fingerprint density at radius 1 is 1.33 bits per heavy atom. The largest absolute Gasteiger partial charge is 0.344 e. The smallest absolute Gasteiger partial charge is 0.278 e. The van der Waals surface area contributed by atoms with Gasteiger partial charge in [0.1, 0.15) is 15.6 Å². The fraction of sp³-hybridized carbons (Fsp3) is 0.300. The molecule has 1 aromatic carbocycles. The first-order valence-corrected chi connectivity index (χ1v) is 9.68. The van der Waals surface area contributed by atoms with Crippen molar-refractivity contribution in [2.24, 2.45) is 5.92 Å². The van der Waals surface area contributed by atoms with E-state index in [1.165, 1.54) is 17.4 Å². The average Bonchev–Trinajstić information content (AvgIpc) is 3.36. The van der Waals surface area contributed by atoms with E-state index in [1.807, 2.05) is 26.0 Å². The molecule has 2 N–H and O–H groups in total. The summed E-state index contributed by atoms with van der Waals surface area (Å²) in [5.74, 6) is -0.186. The molecule has 0 atom stereocenters. The molecule has 1 fully saturated rings. The molecule has 5 nitrogen and oxygen atoms in total. The van der Waals surface area contributed by atoms with E-state index >= 15 is 0 Å². The maximum Gasteiger partial charge on any atom is 0.278 e. The predicted molar refractivity (Wildman–Crippen MR) is 105 cm³/mol. The van der Waals surface area contributed by atoms with E-state index in [4.69, 9.17) is 4.84 Å². The second-order valence-corrected chi connectivity index (χ2v) is 7.91. The number of carbonyl (C=O) groups excluding carboxylic acids is 1. The van der Waals surface area contributed by atoms with E-state index in [2.05, 4.69) is 15.8 Å². The molecule has 2 aromatic heterocycles. The van der Waals surface area contributed by atoms with Crippen LogP contribution in [0.2, 0.25) is 0 Å². The van der Waals surface area contributed by atoms with Crippen LogP contribution in [-0.4, -0.2) is 17.5 Å². The number of halogens is 1. The standard InChI is InChI=1S/C20H20FN3O2S/c1-11-3-6-15(14(21)9-11)23-20-17(18(25)24-26-10-13-4-5-13)16-12(2)7-8-22-19(16)27-20/h3,6-9,13,23H,4-5,10H2,1-2H3,(H,24,25). The third-order valence-electron chi connectivity index (χ3n) is 4.58. The zero-order chi connectivity index (χ0) is 19.0. The van der Waals surface area contributed by atoms with Gasteiger partial charge in [-0.1, -0.05) is 17.4 Å². The average molecular weight is 385 g/mol. The summed E-state index contributed by atoms with van der Waals surface area (Å²) in [6.07, 6.45) is 3.98. The van der Waals surface area contributed by atoms with E-state index < -0.39 is 0 Å². The zero-order valence-electron chi connectivity index (χ0n) is 15.1. The van der Waals surface area contributed by atoms with Crippen LogP contribution in [0.15, 0.2) is 30.5 Å². The molecule has 2 heterocycles. The molecule has 4 rings (SSSR count). The molecule has 0 radical (unpaired) electrons. The topological polar surface area (TPSA) is 63.2 Å². The van der Waals surface area contributed by atoms with Gasteiger partial charge < -0.3 is 5.32 Å². The maximum absolute atomic E-state index is 14.3. The molecule has 0 bridgehead atoms. The number of carbonyl (C=O) groups is 1. The van der Waals surface area contributed by atoms with Crippen molar-refractivity contribution >= 4 is 38.1 Å². The fourth-order valence-electron chi connectivity index (χ4n) is 2.89. The molecular formula is C20H20FN3O2S. The van der Waals surface area contributed by atoms with Gasteiger partial charge in [-0.15, -0.1) is 0 Å². The lowest BCUT2D eigenvalue weighted by molar-refractivity contribution is 0.0272. The first-order valence-electron chi connectivity index (χ1n) is 8.86. The Morgan fingerprint density at radius 2 is 2.15 bits per heavy atom. The maximum atomic E-state index is 14.3. The van der Waals surface area contributed by atoms with Gasteiger partial charge in [-0.2, -0.15) is 0 Å². The Balaban J connectivity index is 1.69. The second-order valence-electron chi connectivity index (χ2n) is 6.91. The number of pyridine rings is 1. The Morgan fingerprint density at radius 3 is 2.89 bits per heavy atom. The lowest BCUT2D eigenvalue weighted by Gasteiger charge is -2.10. The van der Waals surface area contributed by atoms with Crippen molar-refractivity contribution in [1.82, 2.24) is 10.5 Å². The minimum absolute atomic E-state index is 0.317. The molecule has 1 aliphatic rings. The minimum atomic E-state index is -0.367. The van der Waals surface area contributed by atoms with Crippen LogP contribution < -0.4 is 10.8 Å². The number of aromatic nitrogens is 1. The molecule has 3 aromatic rings. The van der Waals surface area contributed by atoms with E-state index in [1.54, 1.807) is 12.3 Å². The number of hydrogen-bond donors (Lipinski definition) is 2. The number of hydrogen-bond acceptors (Lipinski definition) is 5. The summed E-state index contributed by atoms with van der Waals surface area (Å²) in [6, 6.07) is 6.80. The van der Waals surface area contributed by atoms with Gasteiger partial charge >= 0.3 is 0 Å². The fourth-order valence-corrected chi connectivity index (χ4v) is 4.01. The number of amides is 1. The van der Waals surface area contributed by atoms with Crippen LogP contribution in [0, 0.1) is 25.6 Å². The Labute approximate surface area is 160 Å². The summed E-state index contributed by atoms with van der Waals surface area (Å²) >= 11 is 1.32. The number of nitrogens with one attached hydrogen (secondary N) is 2. The van der Waals surface area contributed by atoms with Crippen molar-refractivity contribution in [2.45, 2.75) is 26.7 Å². The van der Waals surface area contributed by atoms with Crippen LogP contribution in [0.1, 0.15) is 34.3 Å². The van der Waals surface area contributed by atoms with Crippen LogP contribution in [0.5, 0.6) is 0 Å². The van der Waals surface area contributed by atoms with Crippen LogP contribution in [0.4, 0.5) is 15.1 Å². The van der Waals surface area contributed by atoms with Gasteiger partial charge in [0, 0.05) is 11.6 Å². The van der Waals surface area contributed by atoms with Crippen LogP contribution in [-0.2, 0) is 4.84 Å². The van der Waals surface area contributed by atoms with Crippen LogP contribution >= 0.6 is 11.3 Å². The molecule has 7 heteroatoms. The van der Waals surface area contributed by atoms with Gasteiger partial charge in [0.05, 0.1) is 17.9 Å². The van der Waals surface area contributed by atoms with Crippen molar-refractivity contribution in [2.75, 3.05) is 11.9 Å². The van der Waals surface area contributed by atoms with Crippen molar-refractivity contribution in [3.05, 3.63) is 53.0 Å². The third kappa shape index (κ3) is 3.79. The van der Waals surface area contributed by atoms with Crippen LogP contribution in [0.25, 0.3) is 10.2 Å². The quantitative estimate of drug-likeness (QED) is 0.595. The summed E-state index contributed by atoms with van der Waals surface area (Å²) in [6.45, 7) is 4.27. The third-order valence-corrected chi connectivity index (χ3v) is 5.59. The molecule has 140 valence electrons. The number of aryl methyl sites for hydroxylation is 2. The number of nitrogens with zero attached hydrogens (tertiary/aromatic N) is 1. The number of thiophene rings is 1. The van der Waals surface area contributed by atoms with Crippen molar-refractivity contribution < 1.29 is 14.0 Å². The van der Waals surface area contributed by atoms with Gasteiger partial charge in [-0.3, -0.25) is 9.63 Å².